The third-order valence-electron chi connectivity index (χ3n) is 8.16. The SMILES string of the molecule is CN1CC(C(=O)N2CCN(C(=O)CC3CCCCC3)CC2)C2NN(c3ccccc3)C(=O)C2C1. The summed E-state index contributed by atoms with van der Waals surface area (Å²) in [5.41, 5.74) is 4.17. The van der Waals surface area contributed by atoms with E-state index in [9.17, 15) is 14.4 Å². The Hall–Kier alpha value is -2.45. The molecule has 0 spiro atoms. The lowest BCUT2D eigenvalue weighted by molar-refractivity contribution is -0.145. The highest BCUT2D eigenvalue weighted by atomic mass is 16.2. The van der Waals surface area contributed by atoms with E-state index in [1.807, 2.05) is 47.2 Å². The molecule has 4 fully saturated rings. The molecule has 1 aliphatic carbocycles. The molecule has 1 aromatic carbocycles. The summed E-state index contributed by atoms with van der Waals surface area (Å²) in [6, 6.07) is 9.36. The Balaban J connectivity index is 1.20. The highest BCUT2D eigenvalue weighted by Crippen LogP contribution is 2.32. The molecule has 3 atom stereocenters. The van der Waals surface area contributed by atoms with Crippen LogP contribution in [0.25, 0.3) is 0 Å². The van der Waals surface area contributed by atoms with Crippen LogP contribution in [0, 0.1) is 17.8 Å². The molecule has 3 aliphatic heterocycles. The number of rotatable bonds is 4. The van der Waals surface area contributed by atoms with Gasteiger partial charge in [-0.15, -0.1) is 0 Å². The van der Waals surface area contributed by atoms with E-state index in [2.05, 4.69) is 10.3 Å². The summed E-state index contributed by atoms with van der Waals surface area (Å²) in [4.78, 5) is 45.5. The number of fused-ring (bicyclic) bond motifs is 1. The molecule has 4 aliphatic rings. The van der Waals surface area contributed by atoms with Crippen molar-refractivity contribution in [1.29, 1.82) is 0 Å². The minimum absolute atomic E-state index is 0.0266. The van der Waals surface area contributed by atoms with Gasteiger partial charge in [0.15, 0.2) is 0 Å². The normalized spacial score (nSPS) is 28.8. The largest absolute Gasteiger partial charge is 0.339 e. The van der Waals surface area contributed by atoms with E-state index in [4.69, 9.17) is 0 Å². The highest BCUT2D eigenvalue weighted by molar-refractivity contribution is 5.98. The van der Waals surface area contributed by atoms with E-state index in [1.54, 1.807) is 5.01 Å². The number of hydrogen-bond donors (Lipinski definition) is 1. The molecule has 5 rings (SSSR count). The van der Waals surface area contributed by atoms with Gasteiger partial charge in [-0.3, -0.25) is 14.4 Å². The van der Waals surface area contributed by atoms with Crippen LogP contribution in [0.4, 0.5) is 5.69 Å². The van der Waals surface area contributed by atoms with Crippen LogP contribution in [0.2, 0.25) is 0 Å². The van der Waals surface area contributed by atoms with E-state index >= 15 is 0 Å². The first-order valence-electron chi connectivity index (χ1n) is 12.9. The fraction of sp³-hybridized carbons (Fsp3) is 0.654. The second kappa shape index (κ2) is 10.0. The van der Waals surface area contributed by atoms with Crippen LogP contribution < -0.4 is 10.4 Å². The predicted molar refractivity (Wildman–Crippen MR) is 130 cm³/mol. The Labute approximate surface area is 202 Å². The lowest BCUT2D eigenvalue weighted by atomic mass is 9.83. The number of likely N-dealkylation sites (tertiary alicyclic amines) is 1. The highest BCUT2D eigenvalue weighted by Gasteiger charge is 2.51. The smallest absolute Gasteiger partial charge is 0.247 e. The molecule has 8 nitrogen and oxygen atoms in total. The maximum absolute atomic E-state index is 13.6. The number of hydrogen-bond acceptors (Lipinski definition) is 5. The Morgan fingerprint density at radius 3 is 2.32 bits per heavy atom. The summed E-state index contributed by atoms with van der Waals surface area (Å²) in [5, 5.41) is 1.62. The van der Waals surface area contributed by atoms with Crippen molar-refractivity contribution in [2.24, 2.45) is 17.8 Å². The number of hydrazine groups is 1. The Kier molecular flexibility index (Phi) is 6.88. The van der Waals surface area contributed by atoms with E-state index in [0.29, 0.717) is 51.6 Å². The molecule has 3 saturated heterocycles. The first-order chi connectivity index (χ1) is 16.5. The molecule has 3 heterocycles. The van der Waals surface area contributed by atoms with Crippen LogP contribution in [0.3, 0.4) is 0 Å². The number of nitrogens with one attached hydrogen (secondary N) is 1. The van der Waals surface area contributed by atoms with Crippen molar-refractivity contribution in [2.75, 3.05) is 51.3 Å². The van der Waals surface area contributed by atoms with E-state index in [-0.39, 0.29) is 35.6 Å². The summed E-state index contributed by atoms with van der Waals surface area (Å²) < 4.78 is 0. The predicted octanol–water partition coefficient (Wildman–Crippen LogP) is 1.73. The van der Waals surface area contributed by atoms with Gasteiger partial charge in [0.05, 0.1) is 23.6 Å². The van der Waals surface area contributed by atoms with Gasteiger partial charge >= 0.3 is 0 Å². The fourth-order valence-corrected chi connectivity index (χ4v) is 6.23. The molecule has 3 amide bonds. The number of para-hydroxylation sites is 1. The van der Waals surface area contributed by atoms with E-state index < -0.39 is 0 Å². The molecular formula is C26H37N5O3. The van der Waals surface area contributed by atoms with Gasteiger partial charge in [-0.2, -0.15) is 0 Å². The molecule has 0 radical (unpaired) electrons. The van der Waals surface area contributed by atoms with Crippen LogP contribution >= 0.6 is 0 Å². The third kappa shape index (κ3) is 4.70. The summed E-state index contributed by atoms with van der Waals surface area (Å²) in [7, 11) is 1.98. The monoisotopic (exact) mass is 467 g/mol. The molecule has 0 bridgehead atoms. The topological polar surface area (TPSA) is 76.2 Å². The number of amides is 3. The van der Waals surface area contributed by atoms with Gasteiger partial charge in [0.1, 0.15) is 0 Å². The third-order valence-corrected chi connectivity index (χ3v) is 8.16. The van der Waals surface area contributed by atoms with Crippen molar-refractivity contribution >= 4 is 23.4 Å². The van der Waals surface area contributed by atoms with Gasteiger partial charge in [-0.1, -0.05) is 37.5 Å². The summed E-state index contributed by atoms with van der Waals surface area (Å²) in [6.07, 6.45) is 6.80. The number of carbonyl (C=O) groups is 3. The maximum atomic E-state index is 13.6. The van der Waals surface area contributed by atoms with Gasteiger partial charge in [-0.05, 0) is 37.9 Å². The molecule has 0 aromatic heterocycles. The zero-order valence-corrected chi connectivity index (χ0v) is 20.2. The lowest BCUT2D eigenvalue weighted by Crippen LogP contribution is -2.59. The zero-order chi connectivity index (χ0) is 23.7. The number of anilines is 1. The van der Waals surface area contributed by atoms with Crippen molar-refractivity contribution in [2.45, 2.75) is 44.6 Å². The Bertz CT molecular complexity index is 895. The van der Waals surface area contributed by atoms with Crippen molar-refractivity contribution < 1.29 is 14.4 Å². The first kappa shape index (κ1) is 23.3. The number of carbonyl (C=O) groups excluding carboxylic acids is 3. The van der Waals surface area contributed by atoms with Gasteiger partial charge < -0.3 is 14.7 Å². The van der Waals surface area contributed by atoms with E-state index in [1.165, 1.54) is 32.1 Å². The van der Waals surface area contributed by atoms with Crippen LogP contribution in [-0.4, -0.2) is 84.8 Å². The fourth-order valence-electron chi connectivity index (χ4n) is 6.23. The van der Waals surface area contributed by atoms with Gasteiger partial charge in [0.2, 0.25) is 17.7 Å². The van der Waals surface area contributed by atoms with E-state index in [0.717, 1.165) is 5.69 Å². The molecule has 184 valence electrons. The minimum atomic E-state index is -0.286. The quantitative estimate of drug-likeness (QED) is 0.730. The molecular weight excluding hydrogens is 430 g/mol. The van der Waals surface area contributed by atoms with Gasteiger partial charge in [0.25, 0.3) is 0 Å². The molecule has 8 heteroatoms. The van der Waals surface area contributed by atoms with Crippen LogP contribution in [0.1, 0.15) is 38.5 Å². The van der Waals surface area contributed by atoms with Crippen LogP contribution in [0.15, 0.2) is 30.3 Å². The van der Waals surface area contributed by atoms with Gasteiger partial charge in [0, 0.05) is 45.7 Å². The molecule has 1 saturated carbocycles. The number of nitrogens with zero attached hydrogens (tertiary/aromatic N) is 4. The zero-order valence-electron chi connectivity index (χ0n) is 20.2. The van der Waals surface area contributed by atoms with Crippen LogP contribution in [0.5, 0.6) is 0 Å². The molecule has 3 unspecified atom stereocenters. The minimum Gasteiger partial charge on any atom is -0.339 e. The average molecular weight is 468 g/mol. The van der Waals surface area contributed by atoms with Crippen molar-refractivity contribution in [3.8, 4) is 0 Å². The summed E-state index contributed by atoms with van der Waals surface area (Å²) in [6.45, 7) is 3.63. The van der Waals surface area contributed by atoms with Crippen molar-refractivity contribution in [1.82, 2.24) is 20.1 Å². The molecule has 34 heavy (non-hydrogen) atoms. The second-order valence-electron chi connectivity index (χ2n) is 10.5. The standard InChI is InChI=1S/C26H37N5O3/c1-28-17-21(24-22(18-28)26(34)31(27-24)20-10-6-3-7-11-20)25(33)30-14-12-29(13-15-30)23(32)16-19-8-4-2-5-9-19/h3,6-7,10-11,19,21-22,24,27H,2,4-5,8-9,12-18H2,1H3. The Morgan fingerprint density at radius 2 is 1.62 bits per heavy atom. The van der Waals surface area contributed by atoms with Crippen molar-refractivity contribution in [3.05, 3.63) is 30.3 Å². The molecule has 1 aromatic rings. The lowest BCUT2D eigenvalue weighted by Gasteiger charge is -2.41. The second-order valence-corrected chi connectivity index (χ2v) is 10.5. The Morgan fingerprint density at radius 1 is 0.941 bits per heavy atom. The van der Waals surface area contributed by atoms with Crippen molar-refractivity contribution in [3.63, 3.8) is 0 Å². The number of benzene rings is 1. The number of piperidine rings is 1. The first-order valence-corrected chi connectivity index (χ1v) is 12.9. The number of piperazine rings is 1. The van der Waals surface area contributed by atoms with Crippen LogP contribution in [-0.2, 0) is 14.4 Å². The summed E-state index contributed by atoms with van der Waals surface area (Å²) >= 11 is 0. The maximum Gasteiger partial charge on any atom is 0.247 e. The average Bonchev–Trinajstić information content (AvgIpc) is 3.20. The summed E-state index contributed by atoms with van der Waals surface area (Å²) in [5.74, 6) is 0.374. The van der Waals surface area contributed by atoms with Gasteiger partial charge in [-0.25, -0.2) is 10.4 Å². The molecule has 1 N–H and O–H groups in total.